The van der Waals surface area contributed by atoms with Crippen molar-refractivity contribution in [2.75, 3.05) is 0 Å². The minimum atomic E-state index is -0.483. The monoisotopic (exact) mass is 329 g/mol. The number of aromatic nitrogens is 2. The van der Waals surface area contributed by atoms with Crippen LogP contribution in [0.5, 0.6) is 0 Å². The number of halogens is 1. The standard InChI is InChI=1S/C10H9N3O2.C7H7Cl/c14-13(15)10-11-6-7-12(10)8-9-4-2-1-3-5-9;8-6-7-4-2-1-3-5-7/h1-7H,8H2;1-5H,6H2. The van der Waals surface area contributed by atoms with Crippen LogP contribution in [0.3, 0.4) is 0 Å². The van der Waals surface area contributed by atoms with Crippen LogP contribution in [-0.4, -0.2) is 14.5 Å². The Morgan fingerprint density at radius 2 is 1.57 bits per heavy atom. The number of hydrogen-bond acceptors (Lipinski definition) is 3. The first kappa shape index (κ1) is 16.7. The van der Waals surface area contributed by atoms with Crippen LogP contribution in [0.2, 0.25) is 0 Å². The number of benzene rings is 2. The fourth-order valence-electron chi connectivity index (χ4n) is 1.94. The Kier molecular flexibility index (Phi) is 6.32. The second kappa shape index (κ2) is 8.70. The molecular formula is C17H16ClN3O2. The highest BCUT2D eigenvalue weighted by atomic mass is 35.5. The second-order valence-corrected chi connectivity index (χ2v) is 4.98. The number of imidazole rings is 1. The molecule has 0 aliphatic heterocycles. The quantitative estimate of drug-likeness (QED) is 0.408. The van der Waals surface area contributed by atoms with E-state index in [-0.39, 0.29) is 5.95 Å². The zero-order chi connectivity index (χ0) is 16.5. The molecule has 0 amide bonds. The maximum Gasteiger partial charge on any atom is 0.434 e. The van der Waals surface area contributed by atoms with Crippen LogP contribution < -0.4 is 0 Å². The molecule has 0 aliphatic carbocycles. The molecule has 23 heavy (non-hydrogen) atoms. The van der Waals surface area contributed by atoms with Gasteiger partial charge >= 0.3 is 5.95 Å². The van der Waals surface area contributed by atoms with E-state index in [2.05, 4.69) is 4.98 Å². The molecule has 0 saturated carbocycles. The summed E-state index contributed by atoms with van der Waals surface area (Å²) in [5, 5.41) is 10.6. The Morgan fingerprint density at radius 1 is 1.00 bits per heavy atom. The normalized spacial score (nSPS) is 9.78. The molecule has 3 rings (SSSR count). The number of hydrogen-bond donors (Lipinski definition) is 0. The molecule has 0 N–H and O–H groups in total. The molecule has 0 radical (unpaired) electrons. The lowest BCUT2D eigenvalue weighted by Crippen LogP contribution is -2.03. The van der Waals surface area contributed by atoms with Crippen molar-refractivity contribution in [2.24, 2.45) is 0 Å². The first-order chi connectivity index (χ1) is 11.2. The summed E-state index contributed by atoms with van der Waals surface area (Å²) >= 11 is 5.53. The third kappa shape index (κ3) is 5.23. The van der Waals surface area contributed by atoms with Gasteiger partial charge in [0, 0.05) is 5.88 Å². The molecule has 0 atom stereocenters. The van der Waals surface area contributed by atoms with Crippen molar-refractivity contribution in [3.8, 4) is 0 Å². The molecule has 0 unspecified atom stereocenters. The first-order valence-electron chi connectivity index (χ1n) is 7.00. The summed E-state index contributed by atoms with van der Waals surface area (Å²) in [6.45, 7) is 0.469. The average Bonchev–Trinajstić information content (AvgIpc) is 3.05. The van der Waals surface area contributed by atoms with Crippen molar-refractivity contribution < 1.29 is 4.92 Å². The third-order valence-corrected chi connectivity index (χ3v) is 3.36. The Bertz CT molecular complexity index is 730. The van der Waals surface area contributed by atoms with Crippen LogP contribution in [-0.2, 0) is 12.4 Å². The number of alkyl halides is 1. The van der Waals surface area contributed by atoms with Crippen molar-refractivity contribution in [3.05, 3.63) is 94.3 Å². The van der Waals surface area contributed by atoms with Crippen LogP contribution >= 0.6 is 11.6 Å². The van der Waals surface area contributed by atoms with Crippen LogP contribution in [0.15, 0.2) is 73.1 Å². The van der Waals surface area contributed by atoms with Crippen molar-refractivity contribution >= 4 is 17.5 Å². The predicted molar refractivity (Wildman–Crippen MR) is 90.4 cm³/mol. The predicted octanol–water partition coefficient (Wildman–Crippen LogP) is 4.27. The van der Waals surface area contributed by atoms with E-state index in [0.29, 0.717) is 12.4 Å². The van der Waals surface area contributed by atoms with Gasteiger partial charge in [-0.05, 0) is 16.1 Å². The summed E-state index contributed by atoms with van der Waals surface area (Å²) in [4.78, 5) is 13.8. The molecule has 6 heteroatoms. The number of nitro groups is 1. The van der Waals surface area contributed by atoms with Crippen LogP contribution in [0.25, 0.3) is 0 Å². The summed E-state index contributed by atoms with van der Waals surface area (Å²) in [5.74, 6) is 0.486. The van der Waals surface area contributed by atoms with Gasteiger partial charge in [0.25, 0.3) is 0 Å². The molecule has 1 heterocycles. The minimum absolute atomic E-state index is 0.126. The first-order valence-corrected chi connectivity index (χ1v) is 7.53. The Labute approximate surface area is 139 Å². The molecular weight excluding hydrogens is 314 g/mol. The summed E-state index contributed by atoms with van der Waals surface area (Å²) < 4.78 is 1.51. The second-order valence-electron chi connectivity index (χ2n) is 4.72. The number of nitrogens with zero attached hydrogens (tertiary/aromatic N) is 3. The minimum Gasteiger partial charge on any atom is -0.390 e. The van der Waals surface area contributed by atoms with Crippen LogP contribution in [0.1, 0.15) is 11.1 Å². The molecule has 3 aromatic rings. The molecule has 118 valence electrons. The highest BCUT2D eigenvalue weighted by molar-refractivity contribution is 6.17. The molecule has 5 nitrogen and oxygen atoms in total. The lowest BCUT2D eigenvalue weighted by molar-refractivity contribution is -0.396. The Hall–Kier alpha value is -2.66. The van der Waals surface area contributed by atoms with Crippen molar-refractivity contribution in [1.82, 2.24) is 9.55 Å². The van der Waals surface area contributed by atoms with Gasteiger partial charge in [0.05, 0.1) is 6.54 Å². The zero-order valence-electron chi connectivity index (χ0n) is 12.4. The van der Waals surface area contributed by atoms with E-state index in [1.165, 1.54) is 16.3 Å². The fourth-order valence-corrected chi connectivity index (χ4v) is 2.12. The molecule has 0 aliphatic rings. The zero-order valence-corrected chi connectivity index (χ0v) is 13.1. The Balaban J connectivity index is 0.000000203. The van der Waals surface area contributed by atoms with Gasteiger partial charge in [0.1, 0.15) is 12.4 Å². The molecule has 0 spiro atoms. The smallest absolute Gasteiger partial charge is 0.390 e. The third-order valence-electron chi connectivity index (χ3n) is 3.05. The highest BCUT2D eigenvalue weighted by Gasteiger charge is 2.13. The maximum absolute atomic E-state index is 10.6. The van der Waals surface area contributed by atoms with Gasteiger partial charge in [-0.3, -0.25) is 0 Å². The van der Waals surface area contributed by atoms with Gasteiger partial charge in [0.2, 0.25) is 0 Å². The van der Waals surface area contributed by atoms with Crippen molar-refractivity contribution in [2.45, 2.75) is 12.4 Å². The lowest BCUT2D eigenvalue weighted by Gasteiger charge is -2.00. The van der Waals surface area contributed by atoms with E-state index in [9.17, 15) is 10.1 Å². The number of rotatable bonds is 4. The van der Waals surface area contributed by atoms with Gasteiger partial charge in [0.15, 0.2) is 0 Å². The summed E-state index contributed by atoms with van der Waals surface area (Å²) in [7, 11) is 0. The van der Waals surface area contributed by atoms with Gasteiger partial charge in [-0.1, -0.05) is 65.6 Å². The SMILES string of the molecule is ClCc1ccccc1.O=[N+]([O-])c1nccn1Cc1ccccc1. The molecule has 0 bridgehead atoms. The topological polar surface area (TPSA) is 61.0 Å². The highest BCUT2D eigenvalue weighted by Crippen LogP contribution is 2.10. The van der Waals surface area contributed by atoms with Gasteiger partial charge in [-0.2, -0.15) is 0 Å². The van der Waals surface area contributed by atoms with Gasteiger partial charge in [-0.25, -0.2) is 4.57 Å². The summed E-state index contributed by atoms with van der Waals surface area (Å²) in [6, 6.07) is 19.5. The molecule has 0 saturated heterocycles. The molecule has 1 aromatic heterocycles. The van der Waals surface area contributed by atoms with Crippen molar-refractivity contribution in [3.63, 3.8) is 0 Å². The Morgan fingerprint density at radius 3 is 2.04 bits per heavy atom. The summed E-state index contributed by atoms with van der Waals surface area (Å²) in [5.41, 5.74) is 2.19. The van der Waals surface area contributed by atoms with E-state index in [1.807, 2.05) is 60.7 Å². The van der Waals surface area contributed by atoms with Crippen LogP contribution in [0, 0.1) is 10.1 Å². The largest absolute Gasteiger partial charge is 0.434 e. The fraction of sp³-hybridized carbons (Fsp3) is 0.118. The maximum atomic E-state index is 10.6. The average molecular weight is 330 g/mol. The van der Waals surface area contributed by atoms with Crippen LogP contribution in [0.4, 0.5) is 5.95 Å². The van der Waals surface area contributed by atoms with E-state index in [1.54, 1.807) is 6.20 Å². The summed E-state index contributed by atoms with van der Waals surface area (Å²) in [6.07, 6.45) is 3.03. The van der Waals surface area contributed by atoms with E-state index >= 15 is 0 Å². The molecule has 2 aromatic carbocycles. The van der Waals surface area contributed by atoms with Crippen molar-refractivity contribution in [1.29, 1.82) is 0 Å². The molecule has 0 fully saturated rings. The van der Waals surface area contributed by atoms with E-state index in [4.69, 9.17) is 11.6 Å². The lowest BCUT2D eigenvalue weighted by atomic mass is 10.2. The van der Waals surface area contributed by atoms with Gasteiger partial charge < -0.3 is 10.1 Å². The van der Waals surface area contributed by atoms with E-state index < -0.39 is 4.92 Å². The van der Waals surface area contributed by atoms with E-state index in [0.717, 1.165) is 5.56 Å². The van der Waals surface area contributed by atoms with Gasteiger partial charge in [-0.15, -0.1) is 11.6 Å².